The number of rotatable bonds is 8. The Kier molecular flexibility index (Phi) is 7.60. The minimum Gasteiger partial charge on any atom is -0.469 e. The van der Waals surface area contributed by atoms with Gasteiger partial charge < -0.3 is 4.74 Å². The molecule has 0 aromatic heterocycles. The summed E-state index contributed by atoms with van der Waals surface area (Å²) in [6.07, 6.45) is 5.09. The zero-order chi connectivity index (χ0) is 11.7. The first-order chi connectivity index (χ1) is 7.15. The molecule has 15 heavy (non-hydrogen) atoms. The smallest absolute Gasteiger partial charge is 0.313 e. The van der Waals surface area contributed by atoms with Crippen molar-refractivity contribution in [3.63, 3.8) is 0 Å². The lowest BCUT2D eigenvalue weighted by molar-refractivity contribution is -0.144. The van der Waals surface area contributed by atoms with E-state index in [2.05, 4.69) is 11.3 Å². The molecule has 0 bridgehead atoms. The van der Waals surface area contributed by atoms with Crippen LogP contribution in [0.1, 0.15) is 39.0 Å². The molecule has 3 nitrogen and oxygen atoms in total. The highest BCUT2D eigenvalue weighted by Crippen LogP contribution is 2.16. The van der Waals surface area contributed by atoms with Gasteiger partial charge in [-0.1, -0.05) is 19.4 Å². The summed E-state index contributed by atoms with van der Waals surface area (Å²) in [5.41, 5.74) is 0. The van der Waals surface area contributed by atoms with E-state index in [9.17, 15) is 9.59 Å². The van der Waals surface area contributed by atoms with Gasteiger partial charge >= 0.3 is 5.97 Å². The third kappa shape index (κ3) is 6.05. The Labute approximate surface area is 91.5 Å². The summed E-state index contributed by atoms with van der Waals surface area (Å²) in [6, 6.07) is 0. The van der Waals surface area contributed by atoms with Crippen molar-refractivity contribution in [2.24, 2.45) is 5.92 Å². The standard InChI is InChI=1S/C12H20O3/c1-4-6-8-10(7-5-2)11(13)9-12(14)15-3/h4,10H,1,5-9H2,2-3H3. The summed E-state index contributed by atoms with van der Waals surface area (Å²) in [5, 5.41) is 0. The molecular formula is C12H20O3. The van der Waals surface area contributed by atoms with Gasteiger partial charge in [0.25, 0.3) is 0 Å². The van der Waals surface area contributed by atoms with Crippen LogP contribution in [0, 0.1) is 5.92 Å². The quantitative estimate of drug-likeness (QED) is 0.353. The highest BCUT2D eigenvalue weighted by atomic mass is 16.5. The van der Waals surface area contributed by atoms with E-state index in [0.717, 1.165) is 25.7 Å². The molecule has 0 saturated carbocycles. The van der Waals surface area contributed by atoms with Gasteiger partial charge in [0.05, 0.1) is 7.11 Å². The van der Waals surface area contributed by atoms with Crippen molar-refractivity contribution in [1.82, 2.24) is 0 Å². The molecule has 0 aromatic rings. The number of hydrogen-bond donors (Lipinski definition) is 0. The van der Waals surface area contributed by atoms with Gasteiger partial charge in [0.1, 0.15) is 12.2 Å². The fraction of sp³-hybridized carbons (Fsp3) is 0.667. The van der Waals surface area contributed by atoms with Gasteiger partial charge in [-0.2, -0.15) is 0 Å². The van der Waals surface area contributed by atoms with E-state index >= 15 is 0 Å². The summed E-state index contributed by atoms with van der Waals surface area (Å²) in [7, 11) is 1.30. The number of carbonyl (C=O) groups excluding carboxylic acids is 2. The van der Waals surface area contributed by atoms with Crippen molar-refractivity contribution in [3.8, 4) is 0 Å². The van der Waals surface area contributed by atoms with Crippen molar-refractivity contribution in [3.05, 3.63) is 12.7 Å². The Bertz CT molecular complexity index is 221. The normalized spacial score (nSPS) is 11.9. The predicted octanol–water partition coefficient (Wildman–Crippen LogP) is 2.50. The average molecular weight is 212 g/mol. The number of ketones is 1. The Morgan fingerprint density at radius 2 is 2.07 bits per heavy atom. The first-order valence-electron chi connectivity index (χ1n) is 5.36. The molecular weight excluding hydrogens is 192 g/mol. The zero-order valence-corrected chi connectivity index (χ0v) is 9.62. The van der Waals surface area contributed by atoms with Gasteiger partial charge in [0, 0.05) is 5.92 Å². The molecule has 1 atom stereocenters. The monoisotopic (exact) mass is 212 g/mol. The first kappa shape index (κ1) is 13.9. The van der Waals surface area contributed by atoms with E-state index in [-0.39, 0.29) is 18.1 Å². The lowest BCUT2D eigenvalue weighted by atomic mass is 9.92. The lowest BCUT2D eigenvalue weighted by Crippen LogP contribution is -2.18. The molecule has 0 aliphatic heterocycles. The van der Waals surface area contributed by atoms with Gasteiger partial charge in [0.15, 0.2) is 0 Å². The molecule has 0 saturated heterocycles. The third-order valence-electron chi connectivity index (χ3n) is 2.36. The van der Waals surface area contributed by atoms with Crippen molar-refractivity contribution in [2.75, 3.05) is 7.11 Å². The zero-order valence-electron chi connectivity index (χ0n) is 9.62. The maximum Gasteiger partial charge on any atom is 0.313 e. The van der Waals surface area contributed by atoms with Crippen LogP contribution in [0.15, 0.2) is 12.7 Å². The van der Waals surface area contributed by atoms with Crippen LogP contribution in [0.4, 0.5) is 0 Å². The highest BCUT2D eigenvalue weighted by molar-refractivity contribution is 5.96. The molecule has 0 rings (SSSR count). The molecule has 3 heteroatoms. The van der Waals surface area contributed by atoms with E-state index < -0.39 is 5.97 Å². The number of carbonyl (C=O) groups is 2. The summed E-state index contributed by atoms with van der Waals surface area (Å²) in [6.45, 7) is 5.66. The molecule has 0 amide bonds. The summed E-state index contributed by atoms with van der Waals surface area (Å²) in [4.78, 5) is 22.6. The molecule has 0 aliphatic rings. The van der Waals surface area contributed by atoms with Crippen LogP contribution in [0.3, 0.4) is 0 Å². The maximum atomic E-state index is 11.7. The second-order valence-corrected chi connectivity index (χ2v) is 3.57. The van der Waals surface area contributed by atoms with Crippen molar-refractivity contribution >= 4 is 11.8 Å². The summed E-state index contributed by atoms with van der Waals surface area (Å²) >= 11 is 0. The topological polar surface area (TPSA) is 43.4 Å². The Morgan fingerprint density at radius 3 is 2.53 bits per heavy atom. The minimum atomic E-state index is -0.445. The number of allylic oxidation sites excluding steroid dienone is 1. The van der Waals surface area contributed by atoms with Crippen LogP contribution in [-0.2, 0) is 14.3 Å². The number of ether oxygens (including phenoxy) is 1. The molecule has 0 N–H and O–H groups in total. The highest BCUT2D eigenvalue weighted by Gasteiger charge is 2.19. The van der Waals surface area contributed by atoms with E-state index in [1.807, 2.05) is 6.92 Å². The number of methoxy groups -OCH3 is 1. The molecule has 0 aromatic carbocycles. The van der Waals surface area contributed by atoms with Crippen LogP contribution in [0.5, 0.6) is 0 Å². The largest absolute Gasteiger partial charge is 0.469 e. The van der Waals surface area contributed by atoms with Gasteiger partial charge in [-0.05, 0) is 19.3 Å². The molecule has 1 unspecified atom stereocenters. The maximum absolute atomic E-state index is 11.7. The fourth-order valence-corrected chi connectivity index (χ4v) is 1.49. The van der Waals surface area contributed by atoms with Crippen LogP contribution in [0.25, 0.3) is 0 Å². The molecule has 0 aliphatic carbocycles. The number of Topliss-reactive ketones (excluding diaryl/α,β-unsaturated/α-hetero) is 1. The molecule has 0 radical (unpaired) electrons. The van der Waals surface area contributed by atoms with Gasteiger partial charge in [0.2, 0.25) is 0 Å². The molecule has 0 fully saturated rings. The van der Waals surface area contributed by atoms with E-state index in [1.165, 1.54) is 7.11 Å². The summed E-state index contributed by atoms with van der Waals surface area (Å²) in [5.74, 6) is -0.475. The second kappa shape index (κ2) is 8.21. The van der Waals surface area contributed by atoms with Crippen LogP contribution in [0.2, 0.25) is 0 Å². The van der Waals surface area contributed by atoms with Crippen LogP contribution >= 0.6 is 0 Å². The molecule has 0 heterocycles. The van der Waals surface area contributed by atoms with Gasteiger partial charge in [-0.25, -0.2) is 0 Å². The predicted molar refractivity (Wildman–Crippen MR) is 59.5 cm³/mol. The van der Waals surface area contributed by atoms with E-state index in [0.29, 0.717) is 0 Å². The Morgan fingerprint density at radius 1 is 1.40 bits per heavy atom. The Balaban J connectivity index is 4.14. The minimum absolute atomic E-state index is 0.00875. The number of esters is 1. The van der Waals surface area contributed by atoms with Gasteiger partial charge in [-0.15, -0.1) is 6.58 Å². The lowest BCUT2D eigenvalue weighted by Gasteiger charge is -2.12. The van der Waals surface area contributed by atoms with Crippen LogP contribution in [-0.4, -0.2) is 18.9 Å². The van der Waals surface area contributed by atoms with E-state index in [1.54, 1.807) is 6.08 Å². The van der Waals surface area contributed by atoms with Gasteiger partial charge in [-0.3, -0.25) is 9.59 Å². The molecule has 86 valence electrons. The van der Waals surface area contributed by atoms with Crippen molar-refractivity contribution in [1.29, 1.82) is 0 Å². The molecule has 0 spiro atoms. The van der Waals surface area contributed by atoms with Crippen molar-refractivity contribution < 1.29 is 14.3 Å². The number of hydrogen-bond acceptors (Lipinski definition) is 3. The third-order valence-corrected chi connectivity index (χ3v) is 2.36. The van der Waals surface area contributed by atoms with Crippen molar-refractivity contribution in [2.45, 2.75) is 39.0 Å². The fourth-order valence-electron chi connectivity index (χ4n) is 1.49. The van der Waals surface area contributed by atoms with E-state index in [4.69, 9.17) is 0 Å². The second-order valence-electron chi connectivity index (χ2n) is 3.57. The first-order valence-corrected chi connectivity index (χ1v) is 5.36. The summed E-state index contributed by atoms with van der Waals surface area (Å²) < 4.78 is 4.47. The average Bonchev–Trinajstić information content (AvgIpc) is 2.23. The Hall–Kier alpha value is -1.12. The SMILES string of the molecule is C=CCCC(CCC)C(=O)CC(=O)OC. The van der Waals surface area contributed by atoms with Crippen LogP contribution < -0.4 is 0 Å².